The number of likely N-dealkylation sites (N-methyl/N-ethyl adjacent to an activating group) is 1. The SMILES string of the molecule is CN(C(=O)c1ccc(C(F)(F)F)c(C(F)(F)F)c1)C(CCNC(=O)c1ccccn1)Cc1ccccc1. The van der Waals surface area contributed by atoms with Gasteiger partial charge in [0, 0.05) is 31.4 Å². The Bertz CT molecular complexity index is 1210. The standard InChI is InChI=1S/C26H23F6N3O2/c1-35(24(37)18-10-11-20(25(27,28)29)21(16-18)26(30,31)32)19(15-17-7-3-2-4-8-17)12-14-34-23(36)22-9-5-6-13-33-22/h2-11,13,16,19H,12,14-15H2,1H3,(H,34,36). The fourth-order valence-electron chi connectivity index (χ4n) is 3.79. The van der Waals surface area contributed by atoms with E-state index in [1.165, 1.54) is 24.2 Å². The van der Waals surface area contributed by atoms with E-state index in [2.05, 4.69) is 10.3 Å². The Balaban J connectivity index is 1.83. The van der Waals surface area contributed by atoms with Crippen LogP contribution >= 0.6 is 0 Å². The Hall–Kier alpha value is -3.89. The summed E-state index contributed by atoms with van der Waals surface area (Å²) in [5.41, 5.74) is -3.31. The average molecular weight is 523 g/mol. The maximum absolute atomic E-state index is 13.4. The van der Waals surface area contributed by atoms with Crippen molar-refractivity contribution < 1.29 is 35.9 Å². The second-order valence-electron chi connectivity index (χ2n) is 8.28. The largest absolute Gasteiger partial charge is 0.417 e. The second kappa shape index (κ2) is 11.4. The molecule has 0 aliphatic heterocycles. The lowest BCUT2D eigenvalue weighted by Gasteiger charge is -2.29. The van der Waals surface area contributed by atoms with Crippen molar-refractivity contribution in [1.29, 1.82) is 0 Å². The number of nitrogens with one attached hydrogen (secondary N) is 1. The molecule has 3 aromatic rings. The van der Waals surface area contributed by atoms with Gasteiger partial charge in [0.05, 0.1) is 11.1 Å². The number of carbonyl (C=O) groups is 2. The summed E-state index contributed by atoms with van der Waals surface area (Å²) in [5.74, 6) is -1.32. The number of pyridine rings is 1. The van der Waals surface area contributed by atoms with E-state index in [0.717, 1.165) is 11.6 Å². The van der Waals surface area contributed by atoms with Crippen molar-refractivity contribution in [2.24, 2.45) is 0 Å². The molecule has 3 rings (SSSR count). The zero-order chi connectivity index (χ0) is 27.2. The smallest absolute Gasteiger partial charge is 0.351 e. The fraction of sp³-hybridized carbons (Fsp3) is 0.269. The molecule has 1 N–H and O–H groups in total. The minimum Gasteiger partial charge on any atom is -0.351 e. The molecule has 37 heavy (non-hydrogen) atoms. The van der Waals surface area contributed by atoms with Crippen LogP contribution in [0.1, 0.15) is 44.0 Å². The van der Waals surface area contributed by atoms with Crippen LogP contribution in [0.25, 0.3) is 0 Å². The minimum atomic E-state index is -5.31. The van der Waals surface area contributed by atoms with Gasteiger partial charge in [-0.1, -0.05) is 36.4 Å². The first-order valence-corrected chi connectivity index (χ1v) is 11.2. The van der Waals surface area contributed by atoms with Gasteiger partial charge in [-0.05, 0) is 48.7 Å². The first-order valence-electron chi connectivity index (χ1n) is 11.2. The summed E-state index contributed by atoms with van der Waals surface area (Å²) in [6.45, 7) is 0.116. The van der Waals surface area contributed by atoms with E-state index in [0.29, 0.717) is 6.42 Å². The average Bonchev–Trinajstić information content (AvgIpc) is 2.87. The normalized spacial score (nSPS) is 12.6. The quantitative estimate of drug-likeness (QED) is 0.390. The maximum atomic E-state index is 13.4. The van der Waals surface area contributed by atoms with Crippen molar-refractivity contribution in [3.05, 3.63) is 101 Å². The molecule has 0 saturated heterocycles. The van der Waals surface area contributed by atoms with Crippen LogP contribution in [-0.4, -0.2) is 41.3 Å². The van der Waals surface area contributed by atoms with E-state index in [1.54, 1.807) is 42.5 Å². The molecule has 2 aromatic carbocycles. The molecule has 1 atom stereocenters. The highest BCUT2D eigenvalue weighted by Crippen LogP contribution is 2.40. The van der Waals surface area contributed by atoms with Crippen LogP contribution in [0.2, 0.25) is 0 Å². The van der Waals surface area contributed by atoms with Crippen molar-refractivity contribution in [1.82, 2.24) is 15.2 Å². The second-order valence-corrected chi connectivity index (χ2v) is 8.28. The Morgan fingerprint density at radius 1 is 0.892 bits per heavy atom. The molecule has 0 saturated carbocycles. The third-order valence-corrected chi connectivity index (χ3v) is 5.72. The van der Waals surface area contributed by atoms with Gasteiger partial charge in [-0.3, -0.25) is 14.6 Å². The molecule has 1 aromatic heterocycles. The molecular formula is C26H23F6N3O2. The van der Waals surface area contributed by atoms with E-state index in [1.807, 2.05) is 0 Å². The van der Waals surface area contributed by atoms with Gasteiger partial charge in [-0.15, -0.1) is 0 Å². The third kappa shape index (κ3) is 7.31. The predicted molar refractivity (Wildman–Crippen MR) is 124 cm³/mol. The summed E-state index contributed by atoms with van der Waals surface area (Å²) in [7, 11) is 1.36. The molecule has 2 amide bonds. The zero-order valence-corrected chi connectivity index (χ0v) is 19.6. The number of benzene rings is 2. The monoisotopic (exact) mass is 523 g/mol. The molecule has 1 heterocycles. The highest BCUT2D eigenvalue weighted by atomic mass is 19.4. The molecule has 0 radical (unpaired) electrons. The summed E-state index contributed by atoms with van der Waals surface area (Å²) in [5, 5.41) is 2.69. The van der Waals surface area contributed by atoms with Gasteiger partial charge in [0.15, 0.2) is 0 Å². The van der Waals surface area contributed by atoms with E-state index in [9.17, 15) is 35.9 Å². The van der Waals surface area contributed by atoms with Gasteiger partial charge < -0.3 is 10.2 Å². The van der Waals surface area contributed by atoms with E-state index in [-0.39, 0.29) is 30.8 Å². The van der Waals surface area contributed by atoms with E-state index in [4.69, 9.17) is 0 Å². The summed E-state index contributed by atoms with van der Waals surface area (Å²) in [4.78, 5) is 30.6. The summed E-state index contributed by atoms with van der Waals surface area (Å²) in [6.07, 6.45) is -8.56. The number of amides is 2. The molecule has 0 bridgehead atoms. The van der Waals surface area contributed by atoms with Gasteiger partial charge in [-0.25, -0.2) is 0 Å². The molecule has 0 spiro atoms. The van der Waals surface area contributed by atoms with Gasteiger partial charge in [-0.2, -0.15) is 26.3 Å². The zero-order valence-electron chi connectivity index (χ0n) is 19.6. The van der Waals surface area contributed by atoms with Crippen LogP contribution in [0.15, 0.2) is 72.9 Å². The number of rotatable bonds is 8. The maximum Gasteiger partial charge on any atom is 0.417 e. The summed E-state index contributed by atoms with van der Waals surface area (Å²) >= 11 is 0. The molecule has 0 aliphatic rings. The first-order chi connectivity index (χ1) is 17.4. The molecule has 5 nitrogen and oxygen atoms in total. The van der Waals surface area contributed by atoms with Crippen molar-refractivity contribution in [3.8, 4) is 0 Å². The number of carbonyl (C=O) groups excluding carboxylic acids is 2. The van der Waals surface area contributed by atoms with Gasteiger partial charge >= 0.3 is 12.4 Å². The highest BCUT2D eigenvalue weighted by Gasteiger charge is 2.43. The molecular weight excluding hydrogens is 500 g/mol. The van der Waals surface area contributed by atoms with E-state index < -0.39 is 46.9 Å². The van der Waals surface area contributed by atoms with Crippen LogP contribution < -0.4 is 5.32 Å². The first kappa shape index (κ1) is 27.7. The van der Waals surface area contributed by atoms with Crippen LogP contribution in [0, 0.1) is 0 Å². The third-order valence-electron chi connectivity index (χ3n) is 5.72. The number of alkyl halides is 6. The Kier molecular flexibility index (Phi) is 8.57. The van der Waals surface area contributed by atoms with Crippen molar-refractivity contribution in [2.75, 3.05) is 13.6 Å². The fourth-order valence-corrected chi connectivity index (χ4v) is 3.79. The lowest BCUT2D eigenvalue weighted by molar-refractivity contribution is -0.162. The van der Waals surface area contributed by atoms with Crippen molar-refractivity contribution >= 4 is 11.8 Å². The summed E-state index contributed by atoms with van der Waals surface area (Å²) in [6, 6.07) is 14.4. The van der Waals surface area contributed by atoms with Gasteiger partial charge in [0.1, 0.15) is 5.69 Å². The minimum absolute atomic E-state index is 0.116. The lowest BCUT2D eigenvalue weighted by Crippen LogP contribution is -2.41. The Morgan fingerprint density at radius 2 is 1.54 bits per heavy atom. The van der Waals surface area contributed by atoms with Crippen LogP contribution in [0.5, 0.6) is 0 Å². The van der Waals surface area contributed by atoms with Crippen molar-refractivity contribution in [3.63, 3.8) is 0 Å². The summed E-state index contributed by atoms with van der Waals surface area (Å²) < 4.78 is 79.5. The number of nitrogens with zero attached hydrogens (tertiary/aromatic N) is 2. The Labute approximate surface area is 209 Å². The molecule has 0 fully saturated rings. The molecule has 0 aliphatic carbocycles. The topological polar surface area (TPSA) is 62.3 Å². The lowest BCUT2D eigenvalue weighted by atomic mass is 9.99. The highest BCUT2D eigenvalue weighted by molar-refractivity contribution is 5.94. The molecule has 196 valence electrons. The molecule has 1 unspecified atom stereocenters. The number of aromatic nitrogens is 1. The van der Waals surface area contributed by atoms with Crippen molar-refractivity contribution in [2.45, 2.75) is 31.2 Å². The van der Waals surface area contributed by atoms with E-state index >= 15 is 0 Å². The number of halogens is 6. The molecule has 11 heteroatoms. The predicted octanol–water partition coefficient (Wildman–Crippen LogP) is 5.62. The number of hydrogen-bond acceptors (Lipinski definition) is 3. The van der Waals surface area contributed by atoms with Gasteiger partial charge in [0.25, 0.3) is 11.8 Å². The Morgan fingerprint density at radius 3 is 2.14 bits per heavy atom. The van der Waals surface area contributed by atoms with Crippen LogP contribution in [0.3, 0.4) is 0 Å². The van der Waals surface area contributed by atoms with Crippen LogP contribution in [-0.2, 0) is 18.8 Å². The number of hydrogen-bond donors (Lipinski definition) is 1. The van der Waals surface area contributed by atoms with Crippen LogP contribution in [0.4, 0.5) is 26.3 Å². The van der Waals surface area contributed by atoms with Gasteiger partial charge in [0.2, 0.25) is 0 Å².